The quantitative estimate of drug-likeness (QED) is 0.584. The van der Waals surface area contributed by atoms with E-state index in [1.165, 1.54) is 5.57 Å². The molecule has 0 radical (unpaired) electrons. The molecule has 1 aromatic rings. The van der Waals surface area contributed by atoms with Crippen molar-refractivity contribution in [2.24, 2.45) is 17.8 Å². The Morgan fingerprint density at radius 3 is 2.75 bits per heavy atom. The lowest BCUT2D eigenvalue weighted by Crippen LogP contribution is -2.30. The van der Waals surface area contributed by atoms with E-state index in [1.807, 2.05) is 30.3 Å². The van der Waals surface area contributed by atoms with Crippen molar-refractivity contribution in [3.05, 3.63) is 47.5 Å². The monoisotopic (exact) mass is 328 g/mol. The lowest BCUT2D eigenvalue weighted by molar-refractivity contribution is -0.114. The number of hydrogen-bond acceptors (Lipinski definition) is 3. The highest BCUT2D eigenvalue weighted by molar-refractivity contribution is 5.96. The molecule has 0 aromatic heterocycles. The Morgan fingerprint density at radius 1 is 1.29 bits per heavy atom. The van der Waals surface area contributed by atoms with E-state index in [2.05, 4.69) is 26.8 Å². The first-order valence-electron chi connectivity index (χ1n) is 9.07. The molecule has 0 amide bonds. The number of benzene rings is 1. The van der Waals surface area contributed by atoms with Gasteiger partial charge in [-0.25, -0.2) is 0 Å². The predicted octanol–water partition coefficient (Wildman–Crippen LogP) is 4.63. The van der Waals surface area contributed by atoms with Crippen LogP contribution in [0.15, 0.2) is 42.0 Å². The van der Waals surface area contributed by atoms with Crippen LogP contribution in [0, 0.1) is 17.8 Å². The van der Waals surface area contributed by atoms with Crippen LogP contribution in [0.3, 0.4) is 0 Å². The summed E-state index contributed by atoms with van der Waals surface area (Å²) in [5.41, 5.74) is 2.25. The van der Waals surface area contributed by atoms with Gasteiger partial charge in [0, 0.05) is 17.9 Å². The largest absolute Gasteiger partial charge is 0.350 e. The molecule has 3 heteroatoms. The first-order valence-corrected chi connectivity index (χ1v) is 9.07. The molecule has 5 unspecified atom stereocenters. The third-order valence-corrected chi connectivity index (χ3v) is 5.42. The van der Waals surface area contributed by atoms with Gasteiger partial charge in [-0.15, -0.1) is 0 Å². The predicted molar refractivity (Wildman–Crippen MR) is 94.8 cm³/mol. The SMILES string of the molecule is CC1=CC(C)C(C2OCC(C(C)CC(=O)c3ccccc3)O2)CC1. The number of rotatable bonds is 5. The zero-order valence-electron chi connectivity index (χ0n) is 14.9. The van der Waals surface area contributed by atoms with Crippen molar-refractivity contribution < 1.29 is 14.3 Å². The minimum Gasteiger partial charge on any atom is -0.350 e. The maximum absolute atomic E-state index is 12.4. The van der Waals surface area contributed by atoms with Crippen molar-refractivity contribution in [1.82, 2.24) is 0 Å². The van der Waals surface area contributed by atoms with E-state index in [1.54, 1.807) is 0 Å². The Kier molecular flexibility index (Phi) is 5.52. The van der Waals surface area contributed by atoms with Gasteiger partial charge >= 0.3 is 0 Å². The summed E-state index contributed by atoms with van der Waals surface area (Å²) in [5, 5.41) is 0. The summed E-state index contributed by atoms with van der Waals surface area (Å²) < 4.78 is 12.2. The van der Waals surface area contributed by atoms with E-state index in [-0.39, 0.29) is 24.1 Å². The van der Waals surface area contributed by atoms with Gasteiger partial charge in [0.2, 0.25) is 0 Å². The normalized spacial score (nSPS) is 31.5. The van der Waals surface area contributed by atoms with E-state index in [4.69, 9.17) is 9.47 Å². The smallest absolute Gasteiger partial charge is 0.163 e. The van der Waals surface area contributed by atoms with Crippen molar-refractivity contribution in [1.29, 1.82) is 0 Å². The van der Waals surface area contributed by atoms with E-state index >= 15 is 0 Å². The molecule has 0 bridgehead atoms. The maximum atomic E-state index is 12.4. The number of ketones is 1. The Bertz CT molecular complexity index is 592. The average molecular weight is 328 g/mol. The molecule has 2 aliphatic rings. The molecule has 0 saturated carbocycles. The number of Topliss-reactive ketones (excluding diaryl/α,β-unsaturated/α-hetero) is 1. The number of hydrogen-bond donors (Lipinski definition) is 0. The van der Waals surface area contributed by atoms with Gasteiger partial charge in [-0.1, -0.05) is 55.8 Å². The number of carbonyl (C=O) groups is 1. The van der Waals surface area contributed by atoms with E-state index in [9.17, 15) is 4.79 Å². The van der Waals surface area contributed by atoms with Crippen LogP contribution in [0.1, 0.15) is 50.4 Å². The van der Waals surface area contributed by atoms with Crippen molar-refractivity contribution in [2.45, 2.75) is 52.4 Å². The number of ether oxygens (including phenoxy) is 2. The summed E-state index contributed by atoms with van der Waals surface area (Å²) >= 11 is 0. The molecule has 3 rings (SSSR count). The summed E-state index contributed by atoms with van der Waals surface area (Å²) in [6, 6.07) is 9.50. The highest BCUT2D eigenvalue weighted by Crippen LogP contribution is 2.36. The molecule has 0 spiro atoms. The Hall–Kier alpha value is -1.45. The maximum Gasteiger partial charge on any atom is 0.163 e. The molecule has 130 valence electrons. The van der Waals surface area contributed by atoms with Gasteiger partial charge in [-0.05, 0) is 31.6 Å². The van der Waals surface area contributed by atoms with Crippen LogP contribution < -0.4 is 0 Å². The van der Waals surface area contributed by atoms with Crippen LogP contribution in [-0.4, -0.2) is 24.8 Å². The first kappa shape index (κ1) is 17.4. The lowest BCUT2D eigenvalue weighted by atomic mass is 9.82. The standard InChI is InChI=1S/C21H28O3/c1-14-9-10-18(15(2)11-14)21-23-13-20(24-21)16(3)12-19(22)17-7-5-4-6-8-17/h4-8,11,15-16,18,20-21H,9-10,12-13H2,1-3H3. The Labute approximate surface area is 145 Å². The van der Waals surface area contributed by atoms with Gasteiger partial charge < -0.3 is 9.47 Å². The van der Waals surface area contributed by atoms with Gasteiger partial charge in [0.05, 0.1) is 12.7 Å². The number of carbonyl (C=O) groups excluding carboxylic acids is 1. The van der Waals surface area contributed by atoms with Crippen LogP contribution in [0.2, 0.25) is 0 Å². The highest BCUT2D eigenvalue weighted by Gasteiger charge is 2.38. The lowest BCUT2D eigenvalue weighted by Gasteiger charge is -2.31. The highest BCUT2D eigenvalue weighted by atomic mass is 16.7. The average Bonchev–Trinajstić information content (AvgIpc) is 3.05. The molecule has 1 fully saturated rings. The fourth-order valence-corrected chi connectivity index (χ4v) is 3.83. The fourth-order valence-electron chi connectivity index (χ4n) is 3.83. The molecular formula is C21H28O3. The minimum absolute atomic E-state index is 0.0156. The van der Waals surface area contributed by atoms with Crippen molar-refractivity contribution in [2.75, 3.05) is 6.61 Å². The Morgan fingerprint density at radius 2 is 2.04 bits per heavy atom. The molecular weight excluding hydrogens is 300 g/mol. The second-order valence-corrected chi connectivity index (χ2v) is 7.42. The summed E-state index contributed by atoms with van der Waals surface area (Å²) in [6.45, 7) is 7.13. The molecule has 3 nitrogen and oxygen atoms in total. The molecule has 1 heterocycles. The zero-order valence-corrected chi connectivity index (χ0v) is 14.9. The molecule has 0 N–H and O–H groups in total. The first-order chi connectivity index (χ1) is 11.5. The van der Waals surface area contributed by atoms with Crippen LogP contribution in [0.4, 0.5) is 0 Å². The minimum atomic E-state index is -0.122. The van der Waals surface area contributed by atoms with Crippen LogP contribution in [0.5, 0.6) is 0 Å². The molecule has 5 atom stereocenters. The summed E-state index contributed by atoms with van der Waals surface area (Å²) in [6.07, 6.45) is 4.99. The van der Waals surface area contributed by atoms with E-state index < -0.39 is 0 Å². The van der Waals surface area contributed by atoms with E-state index in [0.29, 0.717) is 24.9 Å². The number of allylic oxidation sites excluding steroid dienone is 2. The van der Waals surface area contributed by atoms with Crippen molar-refractivity contribution >= 4 is 5.78 Å². The van der Waals surface area contributed by atoms with Crippen LogP contribution >= 0.6 is 0 Å². The fraction of sp³-hybridized carbons (Fsp3) is 0.571. The summed E-state index contributed by atoms with van der Waals surface area (Å²) in [7, 11) is 0. The van der Waals surface area contributed by atoms with Gasteiger partial charge in [0.25, 0.3) is 0 Å². The van der Waals surface area contributed by atoms with Gasteiger partial charge in [-0.3, -0.25) is 4.79 Å². The van der Waals surface area contributed by atoms with Gasteiger partial charge in [-0.2, -0.15) is 0 Å². The molecule has 1 aromatic carbocycles. The molecule has 1 aliphatic heterocycles. The van der Waals surface area contributed by atoms with E-state index in [0.717, 1.165) is 18.4 Å². The zero-order chi connectivity index (χ0) is 17.1. The molecule has 1 saturated heterocycles. The third-order valence-electron chi connectivity index (χ3n) is 5.42. The topological polar surface area (TPSA) is 35.5 Å². The van der Waals surface area contributed by atoms with Crippen LogP contribution in [0.25, 0.3) is 0 Å². The third kappa shape index (κ3) is 3.96. The van der Waals surface area contributed by atoms with Crippen molar-refractivity contribution in [3.63, 3.8) is 0 Å². The second kappa shape index (κ2) is 7.62. The van der Waals surface area contributed by atoms with Crippen molar-refractivity contribution in [3.8, 4) is 0 Å². The second-order valence-electron chi connectivity index (χ2n) is 7.42. The van der Waals surface area contributed by atoms with Crippen LogP contribution in [-0.2, 0) is 9.47 Å². The van der Waals surface area contributed by atoms with Gasteiger partial charge in [0.1, 0.15) is 0 Å². The molecule has 24 heavy (non-hydrogen) atoms. The summed E-state index contributed by atoms with van der Waals surface area (Å²) in [5.74, 6) is 1.26. The van der Waals surface area contributed by atoms with Gasteiger partial charge in [0.15, 0.2) is 12.1 Å². The molecule has 1 aliphatic carbocycles. The summed E-state index contributed by atoms with van der Waals surface area (Å²) in [4.78, 5) is 12.4. The Balaban J connectivity index is 1.54.